The molecular weight excluding hydrogens is 240 g/mol. The Labute approximate surface area is 105 Å². The van der Waals surface area contributed by atoms with Crippen LogP contribution in [0.2, 0.25) is 5.02 Å². The second kappa shape index (κ2) is 5.06. The van der Waals surface area contributed by atoms with E-state index in [1.165, 1.54) is 4.68 Å². The van der Waals surface area contributed by atoms with E-state index in [0.717, 1.165) is 31.9 Å². The molecule has 1 N–H and O–H groups in total. The fourth-order valence-corrected chi connectivity index (χ4v) is 2.19. The van der Waals surface area contributed by atoms with Crippen molar-refractivity contribution in [1.29, 1.82) is 0 Å². The maximum Gasteiger partial charge on any atom is 0.287 e. The van der Waals surface area contributed by atoms with Crippen LogP contribution >= 0.6 is 11.6 Å². The standard InChI is InChI=1S/C11H17ClN4O/c1-8(2)16-11(17)10(12)9(7-14-16)15-5-3-13-4-6-15/h7-8,13H,3-6H2,1-2H3. The third-order valence-corrected chi connectivity index (χ3v) is 3.23. The summed E-state index contributed by atoms with van der Waals surface area (Å²) in [5, 5.41) is 7.70. The van der Waals surface area contributed by atoms with Gasteiger partial charge in [0.2, 0.25) is 0 Å². The molecule has 0 radical (unpaired) electrons. The third-order valence-electron chi connectivity index (χ3n) is 2.87. The zero-order valence-electron chi connectivity index (χ0n) is 10.1. The minimum absolute atomic E-state index is 0.0251. The van der Waals surface area contributed by atoms with Crippen molar-refractivity contribution in [1.82, 2.24) is 15.1 Å². The van der Waals surface area contributed by atoms with Crippen LogP contribution < -0.4 is 15.8 Å². The van der Waals surface area contributed by atoms with Gasteiger partial charge in [0, 0.05) is 26.2 Å². The molecule has 1 aromatic heterocycles. The summed E-state index contributed by atoms with van der Waals surface area (Å²) in [5.74, 6) is 0. The molecule has 1 saturated heterocycles. The van der Waals surface area contributed by atoms with Crippen LogP contribution in [0.3, 0.4) is 0 Å². The fourth-order valence-electron chi connectivity index (χ4n) is 1.93. The highest BCUT2D eigenvalue weighted by Crippen LogP contribution is 2.21. The first-order chi connectivity index (χ1) is 8.11. The lowest BCUT2D eigenvalue weighted by Crippen LogP contribution is -2.44. The Bertz CT molecular complexity index is 451. The van der Waals surface area contributed by atoms with E-state index < -0.39 is 0 Å². The largest absolute Gasteiger partial charge is 0.366 e. The van der Waals surface area contributed by atoms with Gasteiger partial charge in [-0.05, 0) is 13.8 Å². The van der Waals surface area contributed by atoms with Crippen molar-refractivity contribution < 1.29 is 0 Å². The summed E-state index contributed by atoms with van der Waals surface area (Å²) in [6.07, 6.45) is 1.69. The van der Waals surface area contributed by atoms with Crippen LogP contribution in [-0.2, 0) is 0 Å². The zero-order valence-corrected chi connectivity index (χ0v) is 10.9. The summed E-state index contributed by atoms with van der Waals surface area (Å²) in [7, 11) is 0. The number of nitrogens with zero attached hydrogens (tertiary/aromatic N) is 3. The van der Waals surface area contributed by atoms with E-state index in [-0.39, 0.29) is 16.6 Å². The van der Waals surface area contributed by atoms with Crippen molar-refractivity contribution in [3.63, 3.8) is 0 Å². The predicted molar refractivity (Wildman–Crippen MR) is 69.0 cm³/mol. The van der Waals surface area contributed by atoms with Crippen LogP contribution in [0.1, 0.15) is 19.9 Å². The number of nitrogens with one attached hydrogen (secondary N) is 1. The molecule has 17 heavy (non-hydrogen) atoms. The minimum atomic E-state index is -0.210. The molecule has 2 rings (SSSR count). The summed E-state index contributed by atoms with van der Waals surface area (Å²) in [5.41, 5.74) is 0.535. The van der Waals surface area contributed by atoms with E-state index in [1.54, 1.807) is 6.20 Å². The Hall–Kier alpha value is -1.07. The smallest absolute Gasteiger partial charge is 0.287 e. The molecule has 0 unspecified atom stereocenters. The topological polar surface area (TPSA) is 50.2 Å². The Kier molecular flexibility index (Phi) is 3.69. The number of halogens is 1. The van der Waals surface area contributed by atoms with Gasteiger partial charge in [0.25, 0.3) is 5.56 Å². The van der Waals surface area contributed by atoms with Crippen molar-refractivity contribution in [2.24, 2.45) is 0 Å². The molecule has 0 atom stereocenters. The predicted octanol–water partition coefficient (Wildman–Crippen LogP) is 0.887. The number of aromatic nitrogens is 2. The molecule has 6 heteroatoms. The van der Waals surface area contributed by atoms with Gasteiger partial charge in [0.15, 0.2) is 0 Å². The van der Waals surface area contributed by atoms with E-state index in [2.05, 4.69) is 15.3 Å². The number of hydrogen-bond donors (Lipinski definition) is 1. The lowest BCUT2D eigenvalue weighted by Gasteiger charge is -2.29. The summed E-state index contributed by atoms with van der Waals surface area (Å²) >= 11 is 6.14. The fraction of sp³-hybridized carbons (Fsp3) is 0.636. The van der Waals surface area contributed by atoms with Gasteiger partial charge in [-0.1, -0.05) is 11.6 Å². The third kappa shape index (κ3) is 2.45. The molecule has 0 aromatic carbocycles. The molecule has 1 fully saturated rings. The van der Waals surface area contributed by atoms with Crippen LogP contribution in [0.4, 0.5) is 5.69 Å². The lowest BCUT2D eigenvalue weighted by atomic mass is 10.3. The van der Waals surface area contributed by atoms with Gasteiger partial charge >= 0.3 is 0 Å². The van der Waals surface area contributed by atoms with Crippen LogP contribution in [0, 0.1) is 0 Å². The number of hydrogen-bond acceptors (Lipinski definition) is 4. The van der Waals surface area contributed by atoms with Crippen molar-refractivity contribution in [3.05, 3.63) is 21.6 Å². The van der Waals surface area contributed by atoms with Crippen molar-refractivity contribution in [2.75, 3.05) is 31.1 Å². The Morgan fingerprint density at radius 1 is 1.41 bits per heavy atom. The van der Waals surface area contributed by atoms with E-state index >= 15 is 0 Å². The van der Waals surface area contributed by atoms with Crippen LogP contribution in [0.15, 0.2) is 11.0 Å². The van der Waals surface area contributed by atoms with Gasteiger partial charge in [-0.25, -0.2) is 4.68 Å². The summed E-state index contributed by atoms with van der Waals surface area (Å²) in [4.78, 5) is 14.1. The first-order valence-electron chi connectivity index (χ1n) is 5.84. The molecule has 0 aliphatic carbocycles. The maximum atomic E-state index is 12.0. The highest BCUT2D eigenvalue weighted by atomic mass is 35.5. The second-order valence-electron chi connectivity index (χ2n) is 4.42. The van der Waals surface area contributed by atoms with Gasteiger partial charge < -0.3 is 10.2 Å². The van der Waals surface area contributed by atoms with Crippen molar-refractivity contribution in [2.45, 2.75) is 19.9 Å². The van der Waals surface area contributed by atoms with Crippen LogP contribution in [0.25, 0.3) is 0 Å². The molecule has 0 saturated carbocycles. The number of rotatable bonds is 2. The van der Waals surface area contributed by atoms with E-state index in [4.69, 9.17) is 11.6 Å². The average molecular weight is 257 g/mol. The van der Waals surface area contributed by atoms with Crippen LogP contribution in [0.5, 0.6) is 0 Å². The molecule has 1 aliphatic rings. The monoisotopic (exact) mass is 256 g/mol. The first kappa shape index (κ1) is 12.4. The minimum Gasteiger partial charge on any atom is -0.366 e. The molecule has 0 amide bonds. The van der Waals surface area contributed by atoms with Gasteiger partial charge in [-0.15, -0.1) is 0 Å². The van der Waals surface area contributed by atoms with Crippen molar-refractivity contribution in [3.8, 4) is 0 Å². The Morgan fingerprint density at radius 2 is 2.06 bits per heavy atom. The molecule has 0 spiro atoms. The zero-order chi connectivity index (χ0) is 12.4. The molecule has 0 bridgehead atoms. The maximum absolute atomic E-state index is 12.0. The second-order valence-corrected chi connectivity index (χ2v) is 4.80. The highest BCUT2D eigenvalue weighted by Gasteiger charge is 2.17. The molecule has 5 nitrogen and oxygen atoms in total. The van der Waals surface area contributed by atoms with E-state index in [0.29, 0.717) is 0 Å². The summed E-state index contributed by atoms with van der Waals surface area (Å²) in [6.45, 7) is 7.34. The van der Waals surface area contributed by atoms with Crippen LogP contribution in [-0.4, -0.2) is 36.0 Å². The van der Waals surface area contributed by atoms with E-state index in [9.17, 15) is 4.79 Å². The molecular formula is C11H17ClN4O. The lowest BCUT2D eigenvalue weighted by molar-refractivity contribution is 0.500. The number of piperazine rings is 1. The SMILES string of the molecule is CC(C)n1ncc(N2CCNCC2)c(Cl)c1=O. The average Bonchev–Trinajstić information content (AvgIpc) is 2.33. The van der Waals surface area contributed by atoms with Gasteiger partial charge in [0.05, 0.1) is 17.9 Å². The summed E-state index contributed by atoms with van der Waals surface area (Å²) in [6, 6.07) is 0.0251. The Balaban J connectivity index is 2.36. The molecule has 1 aromatic rings. The van der Waals surface area contributed by atoms with Gasteiger partial charge in [-0.3, -0.25) is 4.79 Å². The van der Waals surface area contributed by atoms with Crippen molar-refractivity contribution >= 4 is 17.3 Å². The first-order valence-corrected chi connectivity index (χ1v) is 6.22. The normalized spacial score (nSPS) is 16.6. The Morgan fingerprint density at radius 3 is 2.65 bits per heavy atom. The van der Waals surface area contributed by atoms with E-state index in [1.807, 2.05) is 13.8 Å². The number of anilines is 1. The van der Waals surface area contributed by atoms with Gasteiger partial charge in [-0.2, -0.15) is 5.10 Å². The molecule has 1 aliphatic heterocycles. The molecule has 94 valence electrons. The van der Waals surface area contributed by atoms with Gasteiger partial charge in [0.1, 0.15) is 5.02 Å². The quantitative estimate of drug-likeness (QED) is 0.854. The highest BCUT2D eigenvalue weighted by molar-refractivity contribution is 6.33. The molecule has 2 heterocycles. The summed E-state index contributed by atoms with van der Waals surface area (Å²) < 4.78 is 1.41.